The summed E-state index contributed by atoms with van der Waals surface area (Å²) in [6, 6.07) is 29.6. The van der Waals surface area contributed by atoms with Gasteiger partial charge in [-0.05, 0) is 60.4 Å². The number of hydrogen-bond acceptors (Lipinski definition) is 6. The zero-order valence-electron chi connectivity index (χ0n) is 26.7. The predicted octanol–water partition coefficient (Wildman–Crippen LogP) is 4.05. The SMILES string of the molecule is C#Cc1cccc(CNC[C@@H](O)[C@H](Cc2ccccc2)NC(=O)c2cc(C(=O)N[C@H](C)c3ccccc3)cc(N(C)S(C)(=O)=O)c2)c1. The molecule has 0 saturated carbocycles. The van der Waals surface area contributed by atoms with Crippen molar-refractivity contribution in [3.8, 4) is 12.3 Å². The van der Waals surface area contributed by atoms with Crippen molar-refractivity contribution in [2.75, 3.05) is 24.2 Å². The van der Waals surface area contributed by atoms with Gasteiger partial charge in [0.2, 0.25) is 10.0 Å². The Morgan fingerprint density at radius 1 is 0.851 bits per heavy atom. The minimum absolute atomic E-state index is 0.0693. The van der Waals surface area contributed by atoms with Crippen LogP contribution in [0.3, 0.4) is 0 Å². The molecule has 2 amide bonds. The van der Waals surface area contributed by atoms with E-state index in [0.717, 1.165) is 32.8 Å². The highest BCUT2D eigenvalue weighted by Gasteiger charge is 2.25. The van der Waals surface area contributed by atoms with Crippen LogP contribution >= 0.6 is 0 Å². The molecule has 0 fully saturated rings. The molecule has 4 rings (SSSR count). The van der Waals surface area contributed by atoms with Crippen LogP contribution in [0.25, 0.3) is 0 Å². The fourth-order valence-electron chi connectivity index (χ4n) is 5.03. The topological polar surface area (TPSA) is 128 Å². The molecule has 0 unspecified atom stereocenters. The van der Waals surface area contributed by atoms with Gasteiger partial charge in [-0.25, -0.2) is 8.42 Å². The molecule has 4 aromatic rings. The maximum Gasteiger partial charge on any atom is 0.251 e. The Bertz CT molecular complexity index is 1820. The number of amides is 2. The van der Waals surface area contributed by atoms with Gasteiger partial charge in [0.15, 0.2) is 0 Å². The zero-order chi connectivity index (χ0) is 34.0. The summed E-state index contributed by atoms with van der Waals surface area (Å²) in [6.45, 7) is 2.46. The molecule has 4 aromatic carbocycles. The summed E-state index contributed by atoms with van der Waals surface area (Å²) in [5.41, 5.74) is 3.83. The molecule has 0 radical (unpaired) electrons. The van der Waals surface area contributed by atoms with Crippen molar-refractivity contribution in [1.29, 1.82) is 0 Å². The first kappa shape index (κ1) is 34.9. The van der Waals surface area contributed by atoms with E-state index in [0.29, 0.717) is 13.0 Å². The number of hydrogen-bond donors (Lipinski definition) is 4. The molecule has 4 N–H and O–H groups in total. The lowest BCUT2D eigenvalue weighted by atomic mass is 9.99. The molecule has 244 valence electrons. The minimum Gasteiger partial charge on any atom is -0.390 e. The van der Waals surface area contributed by atoms with E-state index in [2.05, 4.69) is 21.9 Å². The standard InChI is InChI=1S/C37H40N4O5S/c1-5-27-15-12-16-29(19-27)24-38-25-35(42)34(20-28-13-8-6-9-14-28)40-37(44)32-21-31(22-33(23-32)41(3)47(4,45)46)36(43)39-26(2)30-17-10-7-11-18-30/h1,6-19,21-23,26,34-35,38,42H,20,24-25H2,2-4H3,(H,39,43)(H,40,44)/t26-,34+,35-/m1/s1. The fraction of sp³-hybridized carbons (Fsp3) is 0.243. The number of terminal acetylenes is 1. The van der Waals surface area contributed by atoms with E-state index < -0.39 is 34.0 Å². The smallest absolute Gasteiger partial charge is 0.251 e. The van der Waals surface area contributed by atoms with Crippen LogP contribution in [0.2, 0.25) is 0 Å². The van der Waals surface area contributed by atoms with Crippen molar-refractivity contribution in [2.45, 2.75) is 38.1 Å². The largest absolute Gasteiger partial charge is 0.390 e. The Hall–Kier alpha value is -4.95. The molecule has 9 nitrogen and oxygen atoms in total. The number of rotatable bonds is 14. The van der Waals surface area contributed by atoms with E-state index in [9.17, 15) is 23.1 Å². The maximum absolute atomic E-state index is 13.8. The molecule has 0 aliphatic carbocycles. The van der Waals surface area contributed by atoms with Crippen LogP contribution in [0.15, 0.2) is 103 Å². The van der Waals surface area contributed by atoms with Gasteiger partial charge in [-0.15, -0.1) is 6.42 Å². The van der Waals surface area contributed by atoms with Gasteiger partial charge in [-0.3, -0.25) is 13.9 Å². The Labute approximate surface area is 277 Å². The van der Waals surface area contributed by atoms with E-state index in [-0.39, 0.29) is 29.4 Å². The molecule has 0 spiro atoms. The molecule has 0 heterocycles. The van der Waals surface area contributed by atoms with Gasteiger partial charge in [0, 0.05) is 36.8 Å². The van der Waals surface area contributed by atoms with Crippen LogP contribution in [-0.2, 0) is 23.0 Å². The summed E-state index contributed by atoms with van der Waals surface area (Å²) in [4.78, 5) is 27.2. The monoisotopic (exact) mass is 652 g/mol. The third-order valence-corrected chi connectivity index (χ3v) is 9.01. The van der Waals surface area contributed by atoms with Gasteiger partial charge in [-0.1, -0.05) is 78.7 Å². The summed E-state index contributed by atoms with van der Waals surface area (Å²) >= 11 is 0. The van der Waals surface area contributed by atoms with Crippen LogP contribution < -0.4 is 20.3 Å². The molecular formula is C37H40N4O5S. The number of aliphatic hydroxyl groups excluding tert-OH is 1. The average Bonchev–Trinajstić information content (AvgIpc) is 3.07. The van der Waals surface area contributed by atoms with E-state index in [1.165, 1.54) is 25.2 Å². The van der Waals surface area contributed by atoms with Gasteiger partial charge in [0.1, 0.15) is 0 Å². The molecule has 0 saturated heterocycles. The van der Waals surface area contributed by atoms with Crippen LogP contribution in [0.5, 0.6) is 0 Å². The molecule has 47 heavy (non-hydrogen) atoms. The molecule has 0 aromatic heterocycles. The predicted molar refractivity (Wildman–Crippen MR) is 186 cm³/mol. The zero-order valence-corrected chi connectivity index (χ0v) is 27.5. The summed E-state index contributed by atoms with van der Waals surface area (Å²) in [5, 5.41) is 20.4. The summed E-state index contributed by atoms with van der Waals surface area (Å²) in [5.74, 6) is 1.57. The van der Waals surface area contributed by atoms with E-state index in [1.54, 1.807) is 0 Å². The molecular weight excluding hydrogens is 612 g/mol. The first-order chi connectivity index (χ1) is 22.4. The minimum atomic E-state index is -3.71. The molecule has 0 aliphatic heterocycles. The van der Waals surface area contributed by atoms with Crippen LogP contribution in [0, 0.1) is 12.3 Å². The first-order valence-corrected chi connectivity index (χ1v) is 17.0. The van der Waals surface area contributed by atoms with Crippen molar-refractivity contribution in [3.05, 3.63) is 137 Å². The highest BCUT2D eigenvalue weighted by Crippen LogP contribution is 2.22. The second-order valence-electron chi connectivity index (χ2n) is 11.4. The second kappa shape index (κ2) is 16.1. The van der Waals surface area contributed by atoms with Crippen molar-refractivity contribution < 1.29 is 23.1 Å². The first-order valence-electron chi connectivity index (χ1n) is 15.2. The lowest BCUT2D eigenvalue weighted by molar-refractivity contribution is 0.0830. The van der Waals surface area contributed by atoms with Gasteiger partial charge in [0.05, 0.1) is 30.1 Å². The maximum atomic E-state index is 13.8. The molecule has 0 aliphatic rings. The summed E-state index contributed by atoms with van der Waals surface area (Å²) in [7, 11) is -2.36. The molecule has 10 heteroatoms. The Balaban J connectivity index is 1.58. The highest BCUT2D eigenvalue weighted by atomic mass is 32.2. The number of sulfonamides is 1. The molecule has 3 atom stereocenters. The quantitative estimate of drug-likeness (QED) is 0.152. The number of nitrogens with one attached hydrogen (secondary N) is 3. The van der Waals surface area contributed by atoms with Gasteiger partial charge in [0.25, 0.3) is 11.8 Å². The number of benzene rings is 4. The Kier molecular flexibility index (Phi) is 11.9. The number of anilines is 1. The number of carbonyl (C=O) groups is 2. The van der Waals surface area contributed by atoms with Crippen LogP contribution in [0.4, 0.5) is 5.69 Å². The van der Waals surface area contributed by atoms with Crippen molar-refractivity contribution in [1.82, 2.24) is 16.0 Å². The van der Waals surface area contributed by atoms with Crippen LogP contribution in [0.1, 0.15) is 55.9 Å². The second-order valence-corrected chi connectivity index (χ2v) is 13.4. The van der Waals surface area contributed by atoms with Gasteiger partial charge < -0.3 is 21.1 Å². The number of aliphatic hydroxyl groups is 1. The Morgan fingerprint density at radius 2 is 1.45 bits per heavy atom. The highest BCUT2D eigenvalue weighted by molar-refractivity contribution is 7.92. The van der Waals surface area contributed by atoms with E-state index in [1.807, 2.05) is 91.9 Å². The van der Waals surface area contributed by atoms with E-state index in [4.69, 9.17) is 6.42 Å². The normalized spacial score (nSPS) is 13.1. The van der Waals surface area contributed by atoms with Crippen molar-refractivity contribution >= 4 is 27.5 Å². The number of nitrogens with zero attached hydrogens (tertiary/aromatic N) is 1. The lowest BCUT2D eigenvalue weighted by Gasteiger charge is -2.25. The summed E-state index contributed by atoms with van der Waals surface area (Å²) < 4.78 is 25.9. The lowest BCUT2D eigenvalue weighted by Crippen LogP contribution is -2.48. The summed E-state index contributed by atoms with van der Waals surface area (Å²) in [6.07, 6.45) is 5.89. The van der Waals surface area contributed by atoms with Gasteiger partial charge in [-0.2, -0.15) is 0 Å². The fourth-order valence-corrected chi connectivity index (χ4v) is 5.52. The van der Waals surface area contributed by atoms with Crippen molar-refractivity contribution in [2.24, 2.45) is 0 Å². The third kappa shape index (κ3) is 10.0. The molecule has 0 bridgehead atoms. The third-order valence-electron chi connectivity index (χ3n) is 7.81. The van der Waals surface area contributed by atoms with E-state index >= 15 is 0 Å². The number of carbonyl (C=O) groups excluding carboxylic acids is 2. The van der Waals surface area contributed by atoms with Crippen LogP contribution in [-0.4, -0.2) is 57.3 Å². The van der Waals surface area contributed by atoms with Crippen molar-refractivity contribution in [3.63, 3.8) is 0 Å². The average molecular weight is 653 g/mol. The Morgan fingerprint density at radius 3 is 2.06 bits per heavy atom. The van der Waals surface area contributed by atoms with Gasteiger partial charge >= 0.3 is 0 Å².